The molecule has 96 valence electrons. The molecule has 0 fully saturated rings. The molecule has 6 nitrogen and oxygen atoms in total. The topological polar surface area (TPSA) is 83.7 Å². The van der Waals surface area contributed by atoms with Crippen LogP contribution in [0.4, 0.5) is 0 Å². The van der Waals surface area contributed by atoms with Crippen LogP contribution in [0, 0.1) is 0 Å². The van der Waals surface area contributed by atoms with Gasteiger partial charge in [0.05, 0.1) is 6.42 Å². The molecular formula is C11H13N3O3S. The van der Waals surface area contributed by atoms with Crippen molar-refractivity contribution in [2.75, 3.05) is 0 Å². The van der Waals surface area contributed by atoms with Gasteiger partial charge < -0.3 is 10.4 Å². The Hall–Kier alpha value is -1.89. The number of fused-ring (bicyclic) bond motifs is 1. The maximum atomic E-state index is 11.8. The number of thiazole rings is 1. The summed E-state index contributed by atoms with van der Waals surface area (Å²) < 4.78 is 1.82. The lowest BCUT2D eigenvalue weighted by Crippen LogP contribution is -2.50. The van der Waals surface area contributed by atoms with Crippen molar-refractivity contribution >= 4 is 28.2 Å². The number of nitrogens with zero attached hydrogens (tertiary/aromatic N) is 2. The zero-order chi connectivity index (χ0) is 13.3. The normalized spacial score (nSPS) is 11.7. The van der Waals surface area contributed by atoms with Crippen LogP contribution in [0.25, 0.3) is 4.96 Å². The molecule has 7 heteroatoms. The number of rotatable bonds is 4. The molecule has 18 heavy (non-hydrogen) atoms. The molecule has 0 spiro atoms. The number of carboxylic acids is 1. The molecule has 2 rings (SSSR count). The third kappa shape index (κ3) is 2.35. The number of aliphatic carboxylic acids is 1. The molecule has 0 aliphatic rings. The van der Waals surface area contributed by atoms with E-state index in [0.29, 0.717) is 0 Å². The summed E-state index contributed by atoms with van der Waals surface area (Å²) >= 11 is 1.44. The molecule has 0 aromatic carbocycles. The largest absolute Gasteiger partial charge is 0.480 e. The fourth-order valence-corrected chi connectivity index (χ4v) is 2.36. The molecule has 0 atom stereocenters. The van der Waals surface area contributed by atoms with Crippen molar-refractivity contribution < 1.29 is 14.7 Å². The van der Waals surface area contributed by atoms with E-state index in [0.717, 1.165) is 10.7 Å². The number of hydrogen-bond donors (Lipinski definition) is 2. The molecule has 0 unspecified atom stereocenters. The quantitative estimate of drug-likeness (QED) is 0.862. The second kappa shape index (κ2) is 4.41. The van der Waals surface area contributed by atoms with E-state index in [1.807, 2.05) is 9.78 Å². The third-order valence-electron chi connectivity index (χ3n) is 2.54. The number of imidazole rings is 1. The smallest absolute Gasteiger partial charge is 0.328 e. The van der Waals surface area contributed by atoms with Gasteiger partial charge in [-0.1, -0.05) is 0 Å². The Morgan fingerprint density at radius 2 is 2.28 bits per heavy atom. The van der Waals surface area contributed by atoms with Crippen molar-refractivity contribution in [3.8, 4) is 0 Å². The zero-order valence-corrected chi connectivity index (χ0v) is 10.8. The Balaban J connectivity index is 2.09. The van der Waals surface area contributed by atoms with Crippen LogP contribution in [0.15, 0.2) is 17.8 Å². The van der Waals surface area contributed by atoms with Crippen LogP contribution in [0.2, 0.25) is 0 Å². The maximum absolute atomic E-state index is 11.8. The molecule has 0 bridgehead atoms. The van der Waals surface area contributed by atoms with Gasteiger partial charge >= 0.3 is 5.97 Å². The molecule has 0 saturated carbocycles. The first-order chi connectivity index (χ1) is 8.40. The summed E-state index contributed by atoms with van der Waals surface area (Å²) in [5, 5.41) is 13.3. The van der Waals surface area contributed by atoms with Crippen LogP contribution in [0.1, 0.15) is 19.5 Å². The Bertz CT molecular complexity index is 599. The van der Waals surface area contributed by atoms with Crippen molar-refractivity contribution in [2.24, 2.45) is 0 Å². The van der Waals surface area contributed by atoms with Crippen LogP contribution in [0.3, 0.4) is 0 Å². The minimum absolute atomic E-state index is 0.132. The maximum Gasteiger partial charge on any atom is 0.328 e. The average molecular weight is 267 g/mol. The van der Waals surface area contributed by atoms with Crippen molar-refractivity contribution in [1.82, 2.24) is 14.7 Å². The SMILES string of the molecule is CC(C)(NC(=O)Cc1csc2nccn12)C(=O)O. The van der Waals surface area contributed by atoms with Gasteiger partial charge in [0.2, 0.25) is 5.91 Å². The lowest BCUT2D eigenvalue weighted by Gasteiger charge is -2.20. The number of hydrogen-bond acceptors (Lipinski definition) is 4. The predicted molar refractivity (Wildman–Crippen MR) is 66.6 cm³/mol. The summed E-state index contributed by atoms with van der Waals surface area (Å²) in [6.07, 6.45) is 3.57. The fraction of sp³-hybridized carbons (Fsp3) is 0.364. The first-order valence-electron chi connectivity index (χ1n) is 5.34. The van der Waals surface area contributed by atoms with Gasteiger partial charge in [0.25, 0.3) is 0 Å². The number of carbonyl (C=O) groups is 2. The lowest BCUT2D eigenvalue weighted by molar-refractivity contribution is -0.145. The highest BCUT2D eigenvalue weighted by molar-refractivity contribution is 7.15. The Labute approximate surface area is 107 Å². The molecule has 0 saturated heterocycles. The highest BCUT2D eigenvalue weighted by atomic mass is 32.1. The minimum Gasteiger partial charge on any atom is -0.480 e. The van der Waals surface area contributed by atoms with E-state index in [1.165, 1.54) is 25.2 Å². The molecule has 2 aromatic heterocycles. The summed E-state index contributed by atoms with van der Waals surface area (Å²) in [7, 11) is 0. The number of carboxylic acid groups (broad SMARTS) is 1. The summed E-state index contributed by atoms with van der Waals surface area (Å²) in [6, 6.07) is 0. The number of nitrogens with one attached hydrogen (secondary N) is 1. The van der Waals surface area contributed by atoms with Gasteiger partial charge in [0.15, 0.2) is 4.96 Å². The van der Waals surface area contributed by atoms with E-state index in [9.17, 15) is 9.59 Å². The average Bonchev–Trinajstić information content (AvgIpc) is 2.81. The van der Waals surface area contributed by atoms with Gasteiger partial charge in [-0.25, -0.2) is 9.78 Å². The second-order valence-corrected chi connectivity index (χ2v) is 5.30. The van der Waals surface area contributed by atoms with E-state index in [-0.39, 0.29) is 12.3 Å². The van der Waals surface area contributed by atoms with E-state index in [2.05, 4.69) is 10.3 Å². The molecular weight excluding hydrogens is 254 g/mol. The van der Waals surface area contributed by atoms with Crippen molar-refractivity contribution in [1.29, 1.82) is 0 Å². The Kier molecular flexibility index (Phi) is 3.08. The van der Waals surface area contributed by atoms with Crippen LogP contribution < -0.4 is 5.32 Å². The Morgan fingerprint density at radius 1 is 1.56 bits per heavy atom. The Morgan fingerprint density at radius 3 is 2.94 bits per heavy atom. The number of amides is 1. The minimum atomic E-state index is -1.26. The predicted octanol–water partition coefficient (Wildman–Crippen LogP) is 0.918. The van der Waals surface area contributed by atoms with E-state index in [1.54, 1.807) is 12.4 Å². The summed E-state index contributed by atoms with van der Waals surface area (Å²) in [5.41, 5.74) is -0.465. The third-order valence-corrected chi connectivity index (χ3v) is 3.45. The fourth-order valence-electron chi connectivity index (χ4n) is 1.51. The number of carbonyl (C=O) groups excluding carboxylic acids is 1. The van der Waals surface area contributed by atoms with E-state index >= 15 is 0 Å². The van der Waals surface area contributed by atoms with Gasteiger partial charge in [-0.2, -0.15) is 0 Å². The van der Waals surface area contributed by atoms with Crippen LogP contribution in [-0.4, -0.2) is 31.9 Å². The van der Waals surface area contributed by atoms with Gasteiger partial charge in [0, 0.05) is 23.5 Å². The highest BCUT2D eigenvalue weighted by Crippen LogP contribution is 2.15. The van der Waals surface area contributed by atoms with Crippen molar-refractivity contribution in [3.05, 3.63) is 23.5 Å². The van der Waals surface area contributed by atoms with E-state index in [4.69, 9.17) is 5.11 Å². The highest BCUT2D eigenvalue weighted by Gasteiger charge is 2.29. The van der Waals surface area contributed by atoms with Crippen LogP contribution in [0.5, 0.6) is 0 Å². The first kappa shape index (κ1) is 12.6. The van der Waals surface area contributed by atoms with Gasteiger partial charge in [0.1, 0.15) is 5.54 Å². The molecule has 2 aromatic rings. The molecule has 0 aliphatic carbocycles. The number of aromatic nitrogens is 2. The second-order valence-electron chi connectivity index (χ2n) is 4.46. The first-order valence-corrected chi connectivity index (χ1v) is 6.22. The van der Waals surface area contributed by atoms with Gasteiger partial charge in [-0.15, -0.1) is 11.3 Å². The van der Waals surface area contributed by atoms with Crippen molar-refractivity contribution in [2.45, 2.75) is 25.8 Å². The monoisotopic (exact) mass is 267 g/mol. The summed E-state index contributed by atoms with van der Waals surface area (Å²) in [6.45, 7) is 2.90. The standard InChI is InChI=1S/C11H13N3O3S/c1-11(2,9(16)17)13-8(15)5-7-6-18-10-12-3-4-14(7)10/h3-4,6H,5H2,1-2H3,(H,13,15)(H,16,17). The summed E-state index contributed by atoms with van der Waals surface area (Å²) in [5.74, 6) is -1.38. The molecule has 0 aliphatic heterocycles. The van der Waals surface area contributed by atoms with Gasteiger partial charge in [-0.3, -0.25) is 9.20 Å². The van der Waals surface area contributed by atoms with Crippen molar-refractivity contribution in [3.63, 3.8) is 0 Å². The molecule has 1 amide bonds. The van der Waals surface area contributed by atoms with Gasteiger partial charge in [-0.05, 0) is 13.8 Å². The van der Waals surface area contributed by atoms with E-state index < -0.39 is 11.5 Å². The summed E-state index contributed by atoms with van der Waals surface area (Å²) in [4.78, 5) is 27.6. The molecule has 2 heterocycles. The molecule has 2 N–H and O–H groups in total. The van der Waals surface area contributed by atoms with Crippen LogP contribution >= 0.6 is 11.3 Å². The molecule has 0 radical (unpaired) electrons. The van der Waals surface area contributed by atoms with Crippen LogP contribution in [-0.2, 0) is 16.0 Å². The lowest BCUT2D eigenvalue weighted by atomic mass is 10.1. The zero-order valence-electron chi connectivity index (χ0n) is 10.0.